The summed E-state index contributed by atoms with van der Waals surface area (Å²) in [6.45, 7) is 12.2. The van der Waals surface area contributed by atoms with Crippen LogP contribution in [0.1, 0.15) is 60.1 Å². The monoisotopic (exact) mass is 559 g/mol. The van der Waals surface area contributed by atoms with Crippen LogP contribution in [0, 0.1) is 74.5 Å². The molecule has 2 saturated carbocycles. The van der Waals surface area contributed by atoms with Crippen molar-refractivity contribution in [3.05, 3.63) is 99.6 Å². The van der Waals surface area contributed by atoms with Crippen LogP contribution in [0.3, 0.4) is 0 Å². The standard InChI is InChI=1S/C26H32NO5.C5H5.Fe/c1-24(2,3)21(28)27-20(18-15-11-12-16-18)32-23(30)26(27,7)19(17-13-9-8-10-14-17)31-22(29)25(4,5)6;1-2-4-5-3-1;/h8-16,19-20H,1-7H3;1-5H;/q;;+2/t19-,20+,26-;;/m1../s1. The fourth-order valence-electron chi connectivity index (χ4n) is 4.04. The molecule has 3 fully saturated rings. The van der Waals surface area contributed by atoms with Gasteiger partial charge in [-0.05, 0) is 91.0 Å². The van der Waals surface area contributed by atoms with E-state index in [1.165, 1.54) is 4.90 Å². The molecule has 3 atom stereocenters. The number of esters is 2. The molecule has 1 aromatic carbocycles. The first-order chi connectivity index (χ1) is 17.3. The number of nitrogens with zero attached hydrogens (tertiary/aromatic N) is 1. The van der Waals surface area contributed by atoms with Gasteiger partial charge in [-0.25, -0.2) is 4.79 Å². The molecule has 6 nitrogen and oxygen atoms in total. The Labute approximate surface area is 240 Å². The Morgan fingerprint density at radius 1 is 0.868 bits per heavy atom. The van der Waals surface area contributed by atoms with Crippen molar-refractivity contribution in [3.8, 4) is 0 Å². The van der Waals surface area contributed by atoms with Gasteiger partial charge in [-0.3, -0.25) is 14.5 Å². The van der Waals surface area contributed by atoms with Crippen LogP contribution < -0.4 is 0 Å². The molecule has 0 spiro atoms. The van der Waals surface area contributed by atoms with Crippen molar-refractivity contribution in [2.75, 3.05) is 0 Å². The average molecular weight is 559 g/mol. The number of hydrogen-bond acceptors (Lipinski definition) is 5. The maximum atomic E-state index is 13.7. The molecule has 0 unspecified atom stereocenters. The summed E-state index contributed by atoms with van der Waals surface area (Å²) in [5.41, 5.74) is -2.54. The molecule has 0 bridgehead atoms. The molecule has 3 aliphatic rings. The Morgan fingerprint density at radius 3 is 1.82 bits per heavy atom. The molecule has 4 rings (SSSR count). The number of carbonyl (C=O) groups excluding carboxylic acids is 3. The predicted molar refractivity (Wildman–Crippen MR) is 141 cm³/mol. The van der Waals surface area contributed by atoms with E-state index >= 15 is 0 Å². The molecule has 1 heterocycles. The van der Waals surface area contributed by atoms with Gasteiger partial charge in [0.1, 0.15) is 0 Å². The number of rotatable bonds is 4. The Hall–Kier alpha value is -1.85. The Balaban J connectivity index is 0.000000756. The van der Waals surface area contributed by atoms with E-state index < -0.39 is 40.6 Å². The van der Waals surface area contributed by atoms with Gasteiger partial charge in [-0.1, -0.05) is 51.1 Å². The molecule has 1 saturated heterocycles. The zero-order valence-electron chi connectivity index (χ0n) is 23.1. The summed E-state index contributed by atoms with van der Waals surface area (Å²) in [6.07, 6.45) is 15.3. The number of benzene rings is 1. The number of amides is 1. The van der Waals surface area contributed by atoms with Crippen LogP contribution in [-0.2, 0) is 40.9 Å². The van der Waals surface area contributed by atoms with Gasteiger partial charge in [-0.15, -0.1) is 0 Å². The third kappa shape index (κ3) is 7.21. The topological polar surface area (TPSA) is 72.9 Å². The van der Waals surface area contributed by atoms with Gasteiger partial charge in [0.15, 0.2) is 17.9 Å². The van der Waals surface area contributed by atoms with Crippen LogP contribution in [-0.4, -0.2) is 34.5 Å². The molecule has 202 valence electrons. The Bertz CT molecular complexity index is 934. The van der Waals surface area contributed by atoms with Crippen molar-refractivity contribution in [1.29, 1.82) is 0 Å². The number of carbonyl (C=O) groups is 3. The molecule has 38 heavy (non-hydrogen) atoms. The quantitative estimate of drug-likeness (QED) is 0.372. The number of ether oxygens (including phenoxy) is 2. The van der Waals surface area contributed by atoms with E-state index in [1.807, 2.05) is 76.0 Å². The molecule has 0 aromatic heterocycles. The summed E-state index contributed by atoms with van der Waals surface area (Å²) in [5.74, 6) is -0.671. The first-order valence-corrected chi connectivity index (χ1v) is 12.5. The van der Waals surface area contributed by atoms with Crippen LogP contribution in [0.5, 0.6) is 0 Å². The minimum atomic E-state index is -1.56. The number of cyclic esters (lactones) is 1. The zero-order chi connectivity index (χ0) is 27.4. The third-order valence-corrected chi connectivity index (χ3v) is 6.21. The molecular formula is C31H37FeNO5+2. The molecule has 1 aromatic rings. The van der Waals surface area contributed by atoms with E-state index in [2.05, 4.69) is 0 Å². The van der Waals surface area contributed by atoms with Gasteiger partial charge in [0.25, 0.3) is 0 Å². The van der Waals surface area contributed by atoms with Crippen LogP contribution in [0.4, 0.5) is 0 Å². The molecule has 0 N–H and O–H groups in total. The normalized spacial score (nSPS) is 24.7. The van der Waals surface area contributed by atoms with Gasteiger partial charge in [0, 0.05) is 11.3 Å². The maximum absolute atomic E-state index is 13.7. The summed E-state index contributed by atoms with van der Waals surface area (Å²) in [5, 5.41) is 0. The predicted octanol–water partition coefficient (Wildman–Crippen LogP) is 5.26. The van der Waals surface area contributed by atoms with E-state index in [4.69, 9.17) is 9.47 Å². The van der Waals surface area contributed by atoms with Crippen LogP contribution in [0.2, 0.25) is 0 Å². The second-order valence-corrected chi connectivity index (χ2v) is 11.5. The fourth-order valence-corrected chi connectivity index (χ4v) is 4.04. The van der Waals surface area contributed by atoms with Gasteiger partial charge in [0.05, 0.1) is 5.41 Å². The minimum absolute atomic E-state index is 0. The van der Waals surface area contributed by atoms with E-state index in [1.54, 1.807) is 60.6 Å². The SMILES string of the molecule is CC(C)(C)C(=O)O[C@H](c1ccccc1)[C@]1(C)C(=O)O[C@@H]([C]2[CH][CH][CH][CH]2)N1C(=O)C(C)(C)C.[CH]1[CH][CH][CH][CH]1.[Fe+2]. The van der Waals surface area contributed by atoms with Crippen LogP contribution >= 0.6 is 0 Å². The second-order valence-electron chi connectivity index (χ2n) is 11.5. The molecule has 2 aliphatic carbocycles. The van der Waals surface area contributed by atoms with Gasteiger partial charge >= 0.3 is 29.0 Å². The minimum Gasteiger partial charge on any atom is -0.454 e. The Kier molecular flexibility index (Phi) is 11.1. The van der Waals surface area contributed by atoms with Crippen molar-refractivity contribution in [1.82, 2.24) is 4.90 Å². The van der Waals surface area contributed by atoms with Crippen molar-refractivity contribution in [2.45, 2.75) is 66.3 Å². The summed E-state index contributed by atoms with van der Waals surface area (Å²) >= 11 is 0. The summed E-state index contributed by atoms with van der Waals surface area (Å²) in [7, 11) is 0. The largest absolute Gasteiger partial charge is 2.00 e. The first-order valence-electron chi connectivity index (χ1n) is 12.5. The van der Waals surface area contributed by atoms with Crippen LogP contribution in [0.25, 0.3) is 0 Å². The fraction of sp³-hybridized carbons (Fsp3) is 0.387. The maximum Gasteiger partial charge on any atom is 2.00 e. The van der Waals surface area contributed by atoms with Gasteiger partial charge in [0.2, 0.25) is 5.91 Å². The smallest absolute Gasteiger partial charge is 0.454 e. The zero-order valence-corrected chi connectivity index (χ0v) is 24.2. The van der Waals surface area contributed by atoms with E-state index in [-0.39, 0.29) is 23.0 Å². The summed E-state index contributed by atoms with van der Waals surface area (Å²) in [4.78, 5) is 41.6. The average Bonchev–Trinajstić information content (AvgIpc) is 3.60. The molecule has 10 radical (unpaired) electrons. The second kappa shape index (κ2) is 13.0. The number of hydrogen-bond donors (Lipinski definition) is 0. The Morgan fingerprint density at radius 2 is 1.37 bits per heavy atom. The van der Waals surface area contributed by atoms with Crippen molar-refractivity contribution < 1.29 is 40.9 Å². The molecule has 1 aliphatic heterocycles. The van der Waals surface area contributed by atoms with Crippen molar-refractivity contribution in [3.63, 3.8) is 0 Å². The summed E-state index contributed by atoms with van der Waals surface area (Å²) in [6, 6.07) is 9.03. The van der Waals surface area contributed by atoms with E-state index in [9.17, 15) is 14.4 Å². The molecular weight excluding hydrogens is 522 g/mol. The first kappa shape index (κ1) is 32.4. The molecule has 7 heteroatoms. The van der Waals surface area contributed by atoms with E-state index in [0.29, 0.717) is 11.5 Å². The van der Waals surface area contributed by atoms with Crippen molar-refractivity contribution in [2.24, 2.45) is 10.8 Å². The van der Waals surface area contributed by atoms with Gasteiger partial charge < -0.3 is 9.47 Å². The van der Waals surface area contributed by atoms with Gasteiger partial charge in [-0.2, -0.15) is 0 Å². The summed E-state index contributed by atoms with van der Waals surface area (Å²) < 4.78 is 11.8. The molecule has 1 amide bonds. The third-order valence-electron chi connectivity index (χ3n) is 6.21. The van der Waals surface area contributed by atoms with Crippen LogP contribution in [0.15, 0.2) is 30.3 Å². The van der Waals surface area contributed by atoms with E-state index in [0.717, 1.165) is 0 Å². The van der Waals surface area contributed by atoms with Crippen molar-refractivity contribution >= 4 is 17.8 Å².